The molecule has 1 aliphatic rings. The average molecular weight is 320 g/mol. The highest BCUT2D eigenvalue weighted by molar-refractivity contribution is 6.40. The number of piperidine rings is 1. The quantitative estimate of drug-likeness (QED) is 0.328. The van der Waals surface area contributed by atoms with Crippen molar-refractivity contribution in [1.82, 2.24) is 4.90 Å². The molecule has 0 amide bonds. The minimum atomic E-state index is -1.19. The van der Waals surface area contributed by atoms with Crippen molar-refractivity contribution in [3.63, 3.8) is 0 Å². The van der Waals surface area contributed by atoms with Crippen molar-refractivity contribution in [2.75, 3.05) is 19.6 Å². The molecular weight excluding hydrogens is 287 g/mol. The Morgan fingerprint density at radius 1 is 1.30 bits per heavy atom. The van der Waals surface area contributed by atoms with E-state index in [1.807, 2.05) is 18.2 Å². The second-order valence-electron chi connectivity index (χ2n) is 6.96. The number of likely N-dealkylation sites (tertiary alicyclic amines) is 1. The number of unbranched alkanes of at least 4 members (excludes halogenated alkanes) is 1. The Morgan fingerprint density at radius 2 is 1.96 bits per heavy atom. The topological polar surface area (TPSA) is 69.7 Å². The summed E-state index contributed by atoms with van der Waals surface area (Å²) in [5.74, 6) is 0.536. The predicted molar refractivity (Wildman–Crippen MR) is 99.1 cm³/mol. The van der Waals surface area contributed by atoms with E-state index < -0.39 is 7.12 Å². The van der Waals surface area contributed by atoms with E-state index in [9.17, 15) is 0 Å². The lowest BCUT2D eigenvalue weighted by Gasteiger charge is -2.41. The van der Waals surface area contributed by atoms with Crippen LogP contribution in [0.4, 0.5) is 0 Å². The Kier molecular flexibility index (Phi) is 8.85. The summed E-state index contributed by atoms with van der Waals surface area (Å²) < 4.78 is 0. The first-order valence-corrected chi connectivity index (χ1v) is 8.70. The van der Waals surface area contributed by atoms with Crippen LogP contribution >= 0.6 is 0 Å². The Bertz CT molecular complexity index is 400. The van der Waals surface area contributed by atoms with Crippen molar-refractivity contribution in [3.05, 3.63) is 37.0 Å². The van der Waals surface area contributed by atoms with Crippen LogP contribution in [0.25, 0.3) is 0 Å². The largest absolute Gasteiger partial charge is 0.451 e. The third kappa shape index (κ3) is 7.49. The molecular formula is C18H33BN2O2. The minimum absolute atomic E-state index is 0.162. The summed E-state index contributed by atoms with van der Waals surface area (Å²) in [4.78, 5) is 2.45. The first-order chi connectivity index (χ1) is 10.9. The van der Waals surface area contributed by atoms with Crippen LogP contribution in [-0.4, -0.2) is 47.2 Å². The maximum atomic E-state index is 8.89. The molecule has 0 aromatic rings. The highest BCUT2D eigenvalue weighted by atomic mass is 16.4. The van der Waals surface area contributed by atoms with E-state index in [1.165, 1.54) is 5.57 Å². The molecule has 0 saturated carbocycles. The van der Waals surface area contributed by atoms with Gasteiger partial charge in [0.25, 0.3) is 0 Å². The number of hydrogen-bond donors (Lipinski definition) is 3. The van der Waals surface area contributed by atoms with Crippen LogP contribution in [0.15, 0.2) is 37.0 Å². The molecule has 0 spiro atoms. The zero-order valence-electron chi connectivity index (χ0n) is 14.6. The van der Waals surface area contributed by atoms with Crippen molar-refractivity contribution < 1.29 is 10.0 Å². The molecule has 4 N–H and O–H groups in total. The molecule has 23 heavy (non-hydrogen) atoms. The molecule has 5 heteroatoms. The average Bonchev–Trinajstić information content (AvgIpc) is 2.51. The SMILES string of the molecule is C=C/C=C(\C=C)CN1CCC(C(C)(N)CCCCB(O)O)CC1. The van der Waals surface area contributed by atoms with Crippen molar-refractivity contribution in [1.29, 1.82) is 0 Å². The van der Waals surface area contributed by atoms with Crippen molar-refractivity contribution in [2.24, 2.45) is 11.7 Å². The standard InChI is InChI=1S/C18H33BN2O2/c1-4-8-16(5-2)15-21-13-9-17(10-14-21)18(3,20)11-6-7-12-19(22)23/h4-5,8,17,22-23H,1-2,6-7,9-15,20H2,3H3/b16-8+. The lowest BCUT2D eigenvalue weighted by molar-refractivity contribution is 0.138. The molecule has 4 nitrogen and oxygen atoms in total. The molecule has 1 heterocycles. The van der Waals surface area contributed by atoms with Gasteiger partial charge in [0.15, 0.2) is 0 Å². The number of rotatable bonds is 10. The smallest absolute Gasteiger partial charge is 0.427 e. The van der Waals surface area contributed by atoms with Gasteiger partial charge in [0.05, 0.1) is 0 Å². The van der Waals surface area contributed by atoms with Crippen molar-refractivity contribution in [2.45, 2.75) is 50.9 Å². The Morgan fingerprint density at radius 3 is 2.48 bits per heavy atom. The zero-order chi connectivity index (χ0) is 17.3. The fraction of sp³-hybridized carbons (Fsp3) is 0.667. The lowest BCUT2D eigenvalue weighted by atomic mass is 9.75. The molecule has 1 unspecified atom stereocenters. The van der Waals surface area contributed by atoms with Crippen molar-refractivity contribution in [3.8, 4) is 0 Å². The first kappa shape index (κ1) is 20.2. The number of nitrogens with two attached hydrogens (primary N) is 1. The molecule has 0 aliphatic carbocycles. The molecule has 0 radical (unpaired) electrons. The predicted octanol–water partition coefficient (Wildman–Crippen LogP) is 2.36. The summed E-state index contributed by atoms with van der Waals surface area (Å²) in [6.07, 6.45) is 11.1. The fourth-order valence-electron chi connectivity index (χ4n) is 3.38. The monoisotopic (exact) mass is 320 g/mol. The van der Waals surface area contributed by atoms with Gasteiger partial charge >= 0.3 is 7.12 Å². The van der Waals surface area contributed by atoms with Gasteiger partial charge in [0, 0.05) is 12.1 Å². The van der Waals surface area contributed by atoms with E-state index in [4.69, 9.17) is 15.8 Å². The molecule has 0 aromatic carbocycles. The second-order valence-corrected chi connectivity index (χ2v) is 6.96. The summed E-state index contributed by atoms with van der Waals surface area (Å²) in [6.45, 7) is 12.8. The van der Waals surface area contributed by atoms with E-state index in [1.54, 1.807) is 0 Å². The highest BCUT2D eigenvalue weighted by Gasteiger charge is 2.32. The van der Waals surface area contributed by atoms with E-state index >= 15 is 0 Å². The maximum Gasteiger partial charge on any atom is 0.451 e. The summed E-state index contributed by atoms with van der Waals surface area (Å²) in [5, 5.41) is 17.8. The van der Waals surface area contributed by atoms with Gasteiger partial charge in [-0.1, -0.05) is 44.2 Å². The van der Waals surface area contributed by atoms with Crippen LogP contribution in [0, 0.1) is 5.92 Å². The van der Waals surface area contributed by atoms with Gasteiger partial charge < -0.3 is 15.8 Å². The van der Waals surface area contributed by atoms with Gasteiger partial charge in [-0.2, -0.15) is 0 Å². The fourth-order valence-corrected chi connectivity index (χ4v) is 3.38. The van der Waals surface area contributed by atoms with Gasteiger partial charge in [-0.3, -0.25) is 4.90 Å². The Balaban J connectivity index is 2.37. The van der Waals surface area contributed by atoms with Crippen LogP contribution in [0.1, 0.15) is 39.0 Å². The molecule has 1 saturated heterocycles. The molecule has 130 valence electrons. The third-order valence-corrected chi connectivity index (χ3v) is 4.95. The van der Waals surface area contributed by atoms with Crippen LogP contribution in [0.2, 0.25) is 6.32 Å². The molecule has 1 rings (SSSR count). The summed E-state index contributed by atoms with van der Waals surface area (Å²) in [5.41, 5.74) is 7.59. The number of nitrogens with zero attached hydrogens (tertiary/aromatic N) is 1. The third-order valence-electron chi connectivity index (χ3n) is 4.95. The van der Waals surface area contributed by atoms with E-state index in [0.29, 0.717) is 12.2 Å². The molecule has 0 aromatic heterocycles. The van der Waals surface area contributed by atoms with Gasteiger partial charge in [-0.25, -0.2) is 0 Å². The normalized spacial score (nSPS) is 20.1. The van der Waals surface area contributed by atoms with Gasteiger partial charge in [-0.15, -0.1) is 0 Å². The van der Waals surface area contributed by atoms with Crippen molar-refractivity contribution >= 4 is 7.12 Å². The van der Waals surface area contributed by atoms with Gasteiger partial charge in [0.2, 0.25) is 0 Å². The molecule has 0 bridgehead atoms. The molecule has 1 atom stereocenters. The van der Waals surface area contributed by atoms with Gasteiger partial charge in [-0.05, 0) is 57.1 Å². The van der Waals surface area contributed by atoms with Crippen LogP contribution in [0.5, 0.6) is 0 Å². The van der Waals surface area contributed by atoms with Gasteiger partial charge in [0.1, 0.15) is 0 Å². The Labute approximate surface area is 141 Å². The van der Waals surface area contributed by atoms with E-state index in [0.717, 1.165) is 51.7 Å². The molecule has 1 fully saturated rings. The number of allylic oxidation sites excluding steroid dienone is 2. The summed E-state index contributed by atoms with van der Waals surface area (Å²) >= 11 is 0. The van der Waals surface area contributed by atoms with E-state index in [2.05, 4.69) is 25.0 Å². The van der Waals surface area contributed by atoms with Crippen LogP contribution in [-0.2, 0) is 0 Å². The lowest BCUT2D eigenvalue weighted by Crippen LogP contribution is -2.49. The zero-order valence-corrected chi connectivity index (χ0v) is 14.6. The van der Waals surface area contributed by atoms with E-state index in [-0.39, 0.29) is 5.54 Å². The minimum Gasteiger partial charge on any atom is -0.427 e. The Hall–Kier alpha value is -0.875. The van der Waals surface area contributed by atoms with Crippen LogP contribution in [0.3, 0.4) is 0 Å². The summed E-state index contributed by atoms with van der Waals surface area (Å²) in [7, 11) is -1.19. The highest BCUT2D eigenvalue weighted by Crippen LogP contribution is 2.30. The molecule has 1 aliphatic heterocycles. The summed E-state index contributed by atoms with van der Waals surface area (Å²) in [6, 6.07) is 0. The number of hydrogen-bond acceptors (Lipinski definition) is 4. The van der Waals surface area contributed by atoms with Crippen LogP contribution < -0.4 is 5.73 Å². The second kappa shape index (κ2) is 10.1. The first-order valence-electron chi connectivity index (χ1n) is 8.70. The maximum absolute atomic E-state index is 8.89.